The predicted molar refractivity (Wildman–Crippen MR) is 114 cm³/mol. The van der Waals surface area contributed by atoms with Gasteiger partial charge in [0.05, 0.1) is 17.9 Å². The smallest absolute Gasteiger partial charge is 0.335 e. The van der Waals surface area contributed by atoms with Crippen LogP contribution in [0.3, 0.4) is 0 Å². The molecule has 0 bridgehead atoms. The largest absolute Gasteiger partial charge is 0.493 e. The van der Waals surface area contributed by atoms with E-state index in [-0.39, 0.29) is 29.2 Å². The van der Waals surface area contributed by atoms with Crippen molar-refractivity contribution in [2.75, 3.05) is 6.61 Å². The van der Waals surface area contributed by atoms with Gasteiger partial charge in [-0.2, -0.15) is 0 Å². The van der Waals surface area contributed by atoms with Gasteiger partial charge in [-0.05, 0) is 50.2 Å². The van der Waals surface area contributed by atoms with Crippen LogP contribution in [0.4, 0.5) is 4.39 Å². The Morgan fingerprint density at radius 2 is 1.81 bits per heavy atom. The van der Waals surface area contributed by atoms with E-state index in [2.05, 4.69) is 9.97 Å². The number of primary amides is 1. The van der Waals surface area contributed by atoms with E-state index < -0.39 is 17.4 Å². The molecule has 0 saturated heterocycles. The van der Waals surface area contributed by atoms with Crippen LogP contribution in [-0.4, -0.2) is 31.6 Å². The standard InChI is InChI=1S/C22H20FN5O3/c1-3-27-18-17(19(24)29)25-20(15-7-5-6-8-16(15)31-4-2)26-21(18)28(22(27)30)14-11-9-13(23)10-12-14/h5-12H,3-4H2,1-2H3,(H2,24,29). The lowest BCUT2D eigenvalue weighted by molar-refractivity contribution is 0.0997. The van der Waals surface area contributed by atoms with E-state index in [1.807, 2.05) is 13.0 Å². The van der Waals surface area contributed by atoms with Gasteiger partial charge in [-0.1, -0.05) is 12.1 Å². The summed E-state index contributed by atoms with van der Waals surface area (Å²) in [6, 6.07) is 12.6. The van der Waals surface area contributed by atoms with E-state index in [0.29, 0.717) is 23.6 Å². The highest BCUT2D eigenvalue weighted by Gasteiger charge is 2.24. The number of hydrogen-bond donors (Lipinski definition) is 1. The lowest BCUT2D eigenvalue weighted by atomic mass is 10.1. The number of nitrogens with two attached hydrogens (primary N) is 1. The summed E-state index contributed by atoms with van der Waals surface area (Å²) in [5, 5.41) is 0. The highest BCUT2D eigenvalue weighted by Crippen LogP contribution is 2.30. The van der Waals surface area contributed by atoms with E-state index in [1.54, 1.807) is 25.1 Å². The number of carbonyl (C=O) groups excluding carboxylic acids is 1. The number of benzene rings is 2. The molecule has 2 N–H and O–H groups in total. The van der Waals surface area contributed by atoms with Crippen LogP contribution in [0.5, 0.6) is 5.75 Å². The van der Waals surface area contributed by atoms with E-state index in [0.717, 1.165) is 0 Å². The van der Waals surface area contributed by atoms with E-state index in [9.17, 15) is 14.0 Å². The Hall–Kier alpha value is -4.01. The minimum Gasteiger partial charge on any atom is -0.493 e. The molecule has 2 aromatic heterocycles. The molecule has 158 valence electrons. The van der Waals surface area contributed by atoms with Gasteiger partial charge < -0.3 is 10.5 Å². The van der Waals surface area contributed by atoms with Crippen molar-refractivity contribution in [2.24, 2.45) is 5.73 Å². The average Bonchev–Trinajstić information content (AvgIpc) is 3.05. The third-order valence-corrected chi connectivity index (χ3v) is 4.83. The summed E-state index contributed by atoms with van der Waals surface area (Å²) in [5.74, 6) is -0.504. The number of amides is 1. The topological polar surface area (TPSA) is 105 Å². The molecule has 0 atom stereocenters. The average molecular weight is 421 g/mol. The Morgan fingerprint density at radius 1 is 1.10 bits per heavy atom. The number of nitrogens with zero attached hydrogens (tertiary/aromatic N) is 4. The Kier molecular flexibility index (Phi) is 5.24. The minimum atomic E-state index is -0.791. The Morgan fingerprint density at radius 3 is 2.45 bits per heavy atom. The maximum Gasteiger partial charge on any atom is 0.335 e. The highest BCUT2D eigenvalue weighted by atomic mass is 19.1. The third kappa shape index (κ3) is 3.43. The number of carbonyl (C=O) groups is 1. The molecule has 0 aliphatic heterocycles. The van der Waals surface area contributed by atoms with Gasteiger partial charge >= 0.3 is 5.69 Å². The van der Waals surface area contributed by atoms with Gasteiger partial charge in [-0.15, -0.1) is 0 Å². The summed E-state index contributed by atoms with van der Waals surface area (Å²) < 4.78 is 21.8. The number of fused-ring (bicyclic) bond motifs is 1. The molecule has 1 amide bonds. The summed E-state index contributed by atoms with van der Waals surface area (Å²) in [6.45, 7) is 4.30. The van der Waals surface area contributed by atoms with Gasteiger partial charge in [-0.3, -0.25) is 9.36 Å². The molecule has 31 heavy (non-hydrogen) atoms. The number of para-hydroxylation sites is 1. The zero-order valence-corrected chi connectivity index (χ0v) is 17.0. The van der Waals surface area contributed by atoms with E-state index in [4.69, 9.17) is 10.5 Å². The zero-order valence-electron chi connectivity index (χ0n) is 17.0. The van der Waals surface area contributed by atoms with Crippen LogP contribution < -0.4 is 16.2 Å². The first kappa shape index (κ1) is 20.3. The first-order chi connectivity index (χ1) is 15.0. The molecule has 2 heterocycles. The van der Waals surface area contributed by atoms with Crippen molar-refractivity contribution in [3.8, 4) is 22.8 Å². The monoisotopic (exact) mass is 421 g/mol. The maximum atomic E-state index is 13.5. The number of halogens is 1. The van der Waals surface area contributed by atoms with E-state index >= 15 is 0 Å². The van der Waals surface area contributed by atoms with Gasteiger partial charge in [0, 0.05) is 6.54 Å². The molecule has 0 radical (unpaired) electrons. The normalized spacial score (nSPS) is 11.1. The molecular weight excluding hydrogens is 401 g/mol. The zero-order chi connectivity index (χ0) is 22.1. The second kappa shape index (κ2) is 8.02. The second-order valence-corrected chi connectivity index (χ2v) is 6.70. The summed E-state index contributed by atoms with van der Waals surface area (Å²) in [7, 11) is 0. The second-order valence-electron chi connectivity index (χ2n) is 6.70. The van der Waals surface area contributed by atoms with Crippen LogP contribution in [-0.2, 0) is 6.54 Å². The number of ether oxygens (including phenoxy) is 1. The lowest BCUT2D eigenvalue weighted by Gasteiger charge is -2.11. The van der Waals surface area contributed by atoms with Gasteiger partial charge in [-0.25, -0.2) is 23.7 Å². The summed E-state index contributed by atoms with van der Waals surface area (Å²) in [5.41, 5.74) is 6.50. The molecule has 0 spiro atoms. The molecule has 0 unspecified atom stereocenters. The van der Waals surface area contributed by atoms with Gasteiger partial charge in [0.2, 0.25) is 0 Å². The highest BCUT2D eigenvalue weighted by molar-refractivity contribution is 6.02. The van der Waals surface area contributed by atoms with Crippen molar-refractivity contribution >= 4 is 17.1 Å². The molecule has 0 saturated carbocycles. The van der Waals surface area contributed by atoms with E-state index in [1.165, 1.54) is 33.4 Å². The van der Waals surface area contributed by atoms with Crippen LogP contribution >= 0.6 is 0 Å². The third-order valence-electron chi connectivity index (χ3n) is 4.83. The van der Waals surface area contributed by atoms with Crippen molar-refractivity contribution in [3.05, 3.63) is 70.5 Å². The Labute approximate surface area is 176 Å². The van der Waals surface area contributed by atoms with Crippen molar-refractivity contribution in [2.45, 2.75) is 20.4 Å². The fraction of sp³-hybridized carbons (Fsp3) is 0.182. The summed E-state index contributed by atoms with van der Waals surface area (Å²) in [6.07, 6.45) is 0. The van der Waals surface area contributed by atoms with Crippen LogP contribution in [0.2, 0.25) is 0 Å². The lowest BCUT2D eigenvalue weighted by Crippen LogP contribution is -2.23. The molecule has 4 rings (SSSR count). The van der Waals surface area contributed by atoms with Crippen molar-refractivity contribution in [3.63, 3.8) is 0 Å². The van der Waals surface area contributed by atoms with Gasteiger partial charge in [0.25, 0.3) is 5.91 Å². The number of hydrogen-bond acceptors (Lipinski definition) is 5. The first-order valence-electron chi connectivity index (χ1n) is 9.77. The molecule has 9 heteroatoms. The first-order valence-corrected chi connectivity index (χ1v) is 9.77. The molecule has 0 aliphatic carbocycles. The number of rotatable bonds is 6. The Bertz CT molecular complexity index is 1340. The number of aromatic nitrogens is 4. The SMILES string of the molecule is CCOc1ccccc1-c1nc(C(N)=O)c2c(n1)n(-c1ccc(F)cc1)c(=O)n2CC. The predicted octanol–water partition coefficient (Wildman–Crippen LogP) is 2.91. The quantitative estimate of drug-likeness (QED) is 0.515. The molecular formula is C22H20FN5O3. The molecule has 0 aliphatic rings. The molecule has 2 aromatic carbocycles. The van der Waals surface area contributed by atoms with Crippen molar-refractivity contribution < 1.29 is 13.9 Å². The van der Waals surface area contributed by atoms with Crippen LogP contribution in [0.25, 0.3) is 28.2 Å². The molecule has 4 aromatic rings. The fourth-order valence-electron chi connectivity index (χ4n) is 3.50. The van der Waals surface area contributed by atoms with Gasteiger partial charge in [0.1, 0.15) is 17.1 Å². The number of imidazole rings is 1. The molecule has 0 fully saturated rings. The van der Waals surface area contributed by atoms with Gasteiger partial charge in [0.15, 0.2) is 17.2 Å². The Balaban J connectivity index is 2.11. The summed E-state index contributed by atoms with van der Waals surface area (Å²) in [4.78, 5) is 34.5. The van der Waals surface area contributed by atoms with Crippen molar-refractivity contribution in [1.29, 1.82) is 0 Å². The fourth-order valence-corrected chi connectivity index (χ4v) is 3.50. The van der Waals surface area contributed by atoms with Crippen LogP contribution in [0.1, 0.15) is 24.3 Å². The maximum absolute atomic E-state index is 13.5. The number of aryl methyl sites for hydroxylation is 1. The van der Waals surface area contributed by atoms with Crippen molar-refractivity contribution in [1.82, 2.24) is 19.1 Å². The molecule has 8 nitrogen and oxygen atoms in total. The minimum absolute atomic E-state index is 0.0777. The van der Waals surface area contributed by atoms with Crippen LogP contribution in [0, 0.1) is 5.82 Å². The van der Waals surface area contributed by atoms with Crippen LogP contribution in [0.15, 0.2) is 53.3 Å². The summed E-state index contributed by atoms with van der Waals surface area (Å²) >= 11 is 0.